The summed E-state index contributed by atoms with van der Waals surface area (Å²) in [6.45, 7) is 0.746. The van der Waals surface area contributed by atoms with Gasteiger partial charge in [-0.1, -0.05) is 6.07 Å². The predicted molar refractivity (Wildman–Crippen MR) is 122 cm³/mol. The molecule has 12 heteroatoms. The van der Waals surface area contributed by atoms with Gasteiger partial charge in [-0.05, 0) is 30.7 Å². The van der Waals surface area contributed by atoms with Crippen molar-refractivity contribution >= 4 is 5.82 Å². The van der Waals surface area contributed by atoms with Crippen LogP contribution in [0.15, 0.2) is 59.8 Å². The van der Waals surface area contributed by atoms with Gasteiger partial charge in [0.2, 0.25) is 0 Å². The van der Waals surface area contributed by atoms with E-state index >= 15 is 0 Å². The van der Waals surface area contributed by atoms with Crippen LogP contribution >= 0.6 is 0 Å². The van der Waals surface area contributed by atoms with Gasteiger partial charge < -0.3 is 15.4 Å². The number of anilines is 1. The molecule has 1 atom stereocenters. The molecular weight excluding hydrogens is 480 g/mol. The number of hydrogen-bond donors (Lipinski definition) is 1. The number of rotatable bonds is 7. The number of ether oxygens (including phenoxy) is 1. The zero-order valence-corrected chi connectivity index (χ0v) is 18.7. The zero-order chi connectivity index (χ0) is 25.4. The molecule has 0 amide bonds. The Hall–Kier alpha value is -4.19. The molecule has 8 nitrogen and oxygen atoms in total. The quantitative estimate of drug-likeness (QED) is 0.392. The molecule has 3 heterocycles. The Morgan fingerprint density at radius 2 is 1.78 bits per heavy atom. The number of pyridine rings is 1. The fourth-order valence-corrected chi connectivity index (χ4v) is 3.93. The molecule has 0 unspecified atom stereocenters. The van der Waals surface area contributed by atoms with Gasteiger partial charge in [0.25, 0.3) is 0 Å². The molecule has 4 aromatic rings. The Bertz CT molecular complexity index is 1470. The van der Waals surface area contributed by atoms with Crippen LogP contribution in [0.4, 0.5) is 23.4 Å². The second-order valence-corrected chi connectivity index (χ2v) is 8.21. The van der Waals surface area contributed by atoms with Gasteiger partial charge in [0, 0.05) is 36.8 Å². The van der Waals surface area contributed by atoms with Crippen LogP contribution in [0.5, 0.6) is 11.5 Å². The number of halogens is 4. The summed E-state index contributed by atoms with van der Waals surface area (Å²) in [6.07, 6.45) is 2.98. The standard InChI is InChI=1S/C24H20F4N6O2/c25-17-2-1-3-18(26)16(17)12-32-13-31-34(24(32)35)14-4-5-21(19(27)8-14)36-22-9-23(30-11-20(22)28)33-7-6-15(33)10-29/h1-5,8-9,11,13,15H,6-7,10,12,29H2/t15-/m1/s1. The Labute approximate surface area is 202 Å². The molecule has 0 aliphatic carbocycles. The van der Waals surface area contributed by atoms with Gasteiger partial charge in [0.15, 0.2) is 23.1 Å². The summed E-state index contributed by atoms with van der Waals surface area (Å²) < 4.78 is 64.4. The van der Waals surface area contributed by atoms with Gasteiger partial charge >= 0.3 is 5.69 Å². The van der Waals surface area contributed by atoms with Crippen molar-refractivity contribution in [2.24, 2.45) is 5.73 Å². The topological polar surface area (TPSA) is 91.2 Å². The van der Waals surface area contributed by atoms with E-state index in [4.69, 9.17) is 10.5 Å². The van der Waals surface area contributed by atoms with Gasteiger partial charge in [-0.2, -0.15) is 9.78 Å². The Morgan fingerprint density at radius 1 is 1.00 bits per heavy atom. The van der Waals surface area contributed by atoms with E-state index in [1.807, 2.05) is 4.90 Å². The van der Waals surface area contributed by atoms with Crippen molar-refractivity contribution in [3.8, 4) is 17.2 Å². The minimum absolute atomic E-state index is 0.0415. The largest absolute Gasteiger partial charge is 0.451 e. The number of hydrogen-bond acceptors (Lipinski definition) is 6. The minimum Gasteiger partial charge on any atom is -0.451 e. The molecule has 36 heavy (non-hydrogen) atoms. The summed E-state index contributed by atoms with van der Waals surface area (Å²) in [5.74, 6) is -3.30. The third-order valence-electron chi connectivity index (χ3n) is 6.02. The van der Waals surface area contributed by atoms with Crippen molar-refractivity contribution in [2.45, 2.75) is 19.0 Å². The molecule has 1 aliphatic rings. The van der Waals surface area contributed by atoms with Crippen molar-refractivity contribution in [3.63, 3.8) is 0 Å². The SMILES string of the molecule is NC[C@H]1CCN1c1cc(Oc2ccc(-n3ncn(Cc4c(F)cccc4F)c3=O)cc2F)c(F)cn1. The van der Waals surface area contributed by atoms with Crippen LogP contribution in [0.2, 0.25) is 0 Å². The molecule has 186 valence electrons. The Balaban J connectivity index is 1.38. The molecule has 0 spiro atoms. The summed E-state index contributed by atoms with van der Waals surface area (Å²) >= 11 is 0. The minimum atomic E-state index is -0.879. The third-order valence-corrected chi connectivity index (χ3v) is 6.02. The highest BCUT2D eigenvalue weighted by atomic mass is 19.1. The first kappa shape index (κ1) is 23.5. The lowest BCUT2D eigenvalue weighted by Crippen LogP contribution is -2.52. The van der Waals surface area contributed by atoms with E-state index in [2.05, 4.69) is 10.1 Å². The van der Waals surface area contributed by atoms with Crippen LogP contribution in [0, 0.1) is 23.3 Å². The van der Waals surface area contributed by atoms with Gasteiger partial charge in [-0.3, -0.25) is 4.57 Å². The third kappa shape index (κ3) is 4.31. The van der Waals surface area contributed by atoms with Crippen LogP contribution in [0.25, 0.3) is 5.69 Å². The van der Waals surface area contributed by atoms with E-state index in [1.54, 1.807) is 0 Å². The summed E-state index contributed by atoms with van der Waals surface area (Å²) in [7, 11) is 0. The van der Waals surface area contributed by atoms with Gasteiger partial charge in [0.05, 0.1) is 18.4 Å². The number of benzene rings is 2. The number of nitrogens with zero attached hydrogens (tertiary/aromatic N) is 5. The van der Waals surface area contributed by atoms with Crippen molar-refractivity contribution in [3.05, 3.63) is 94.3 Å². The average molecular weight is 500 g/mol. The first-order valence-corrected chi connectivity index (χ1v) is 11.0. The zero-order valence-electron chi connectivity index (χ0n) is 18.7. The fourth-order valence-electron chi connectivity index (χ4n) is 3.93. The summed E-state index contributed by atoms with van der Waals surface area (Å²) in [5.41, 5.74) is 4.71. The molecule has 2 aromatic carbocycles. The molecule has 2 aromatic heterocycles. The summed E-state index contributed by atoms with van der Waals surface area (Å²) in [4.78, 5) is 18.7. The lowest BCUT2D eigenvalue weighted by atomic mass is 10.0. The Kier molecular flexibility index (Phi) is 6.18. The van der Waals surface area contributed by atoms with Gasteiger partial charge in [0.1, 0.15) is 23.8 Å². The fraction of sp³-hybridized carbons (Fsp3) is 0.208. The van der Waals surface area contributed by atoms with Crippen LogP contribution in [0.3, 0.4) is 0 Å². The highest BCUT2D eigenvalue weighted by Crippen LogP contribution is 2.32. The van der Waals surface area contributed by atoms with E-state index in [1.165, 1.54) is 24.3 Å². The van der Waals surface area contributed by atoms with E-state index < -0.39 is 35.5 Å². The molecule has 0 bridgehead atoms. The lowest BCUT2D eigenvalue weighted by molar-refractivity contribution is 0.409. The van der Waals surface area contributed by atoms with Crippen LogP contribution in [-0.4, -0.2) is 38.5 Å². The maximum atomic E-state index is 14.9. The van der Waals surface area contributed by atoms with Crippen molar-refractivity contribution in [1.82, 2.24) is 19.3 Å². The average Bonchev–Trinajstić information content (AvgIpc) is 3.19. The monoisotopic (exact) mass is 500 g/mol. The Morgan fingerprint density at radius 3 is 2.44 bits per heavy atom. The molecule has 5 rings (SSSR count). The highest BCUT2D eigenvalue weighted by Gasteiger charge is 2.28. The maximum Gasteiger partial charge on any atom is 0.350 e. The molecular formula is C24H20F4N6O2. The van der Waals surface area contributed by atoms with Gasteiger partial charge in [-0.25, -0.2) is 27.3 Å². The maximum absolute atomic E-state index is 14.9. The lowest BCUT2D eigenvalue weighted by Gasteiger charge is -2.41. The summed E-state index contributed by atoms with van der Waals surface area (Å²) in [6, 6.07) is 8.40. The predicted octanol–water partition coefficient (Wildman–Crippen LogP) is 3.36. The molecule has 1 aliphatic heterocycles. The van der Waals surface area contributed by atoms with Crippen molar-refractivity contribution in [2.75, 3.05) is 18.0 Å². The number of nitrogens with two attached hydrogens (primary N) is 1. The highest BCUT2D eigenvalue weighted by molar-refractivity contribution is 5.49. The van der Waals surface area contributed by atoms with E-state index in [0.29, 0.717) is 18.9 Å². The van der Waals surface area contributed by atoms with E-state index in [9.17, 15) is 22.4 Å². The van der Waals surface area contributed by atoms with Gasteiger partial charge in [-0.15, -0.1) is 0 Å². The van der Waals surface area contributed by atoms with E-state index in [0.717, 1.165) is 46.4 Å². The second kappa shape index (κ2) is 9.46. The van der Waals surface area contributed by atoms with Crippen LogP contribution in [0.1, 0.15) is 12.0 Å². The molecule has 2 N–H and O–H groups in total. The van der Waals surface area contributed by atoms with Crippen molar-refractivity contribution in [1.29, 1.82) is 0 Å². The number of aromatic nitrogens is 4. The van der Waals surface area contributed by atoms with Crippen LogP contribution in [-0.2, 0) is 6.54 Å². The molecule has 1 saturated heterocycles. The second-order valence-electron chi connectivity index (χ2n) is 8.21. The molecule has 1 fully saturated rings. The molecule has 0 radical (unpaired) electrons. The van der Waals surface area contributed by atoms with Crippen LogP contribution < -0.4 is 21.1 Å². The van der Waals surface area contributed by atoms with Crippen molar-refractivity contribution < 1.29 is 22.3 Å². The smallest absolute Gasteiger partial charge is 0.350 e. The normalized spacial score (nSPS) is 15.1. The first-order chi connectivity index (χ1) is 17.4. The first-order valence-electron chi connectivity index (χ1n) is 11.0. The van der Waals surface area contributed by atoms with E-state index in [-0.39, 0.29) is 28.8 Å². The summed E-state index contributed by atoms with van der Waals surface area (Å²) in [5, 5.41) is 3.90. The molecule has 0 saturated carbocycles.